The molecule has 0 unspecified atom stereocenters. The Hall–Kier alpha value is -4.45. The molecule has 0 atom stereocenters. The van der Waals surface area contributed by atoms with E-state index in [1.54, 1.807) is 18.2 Å². The summed E-state index contributed by atoms with van der Waals surface area (Å²) in [5.74, 6) is -0.544. The number of benzene rings is 3. The number of nitro benzene ring substituents is 1. The van der Waals surface area contributed by atoms with Crippen molar-refractivity contribution in [1.29, 1.82) is 0 Å². The SMILES string of the molecule is COc1ccc(N(CC(=O)Nc2cccc(C(C)=O)c2)S(=O)(=O)c2ccccc2[N+](=O)[O-])c(OC)c1. The van der Waals surface area contributed by atoms with E-state index in [1.165, 1.54) is 57.5 Å². The molecule has 1 N–H and O–H groups in total. The van der Waals surface area contributed by atoms with E-state index in [4.69, 9.17) is 9.47 Å². The molecule has 0 aromatic heterocycles. The van der Waals surface area contributed by atoms with Gasteiger partial charge in [-0.25, -0.2) is 8.42 Å². The van der Waals surface area contributed by atoms with Gasteiger partial charge in [-0.2, -0.15) is 0 Å². The van der Waals surface area contributed by atoms with E-state index in [2.05, 4.69) is 5.32 Å². The third-order valence-electron chi connectivity index (χ3n) is 5.13. The summed E-state index contributed by atoms with van der Waals surface area (Å²) in [6.07, 6.45) is 0. The van der Waals surface area contributed by atoms with Gasteiger partial charge in [-0.05, 0) is 37.3 Å². The number of anilines is 2. The van der Waals surface area contributed by atoms with Gasteiger partial charge in [0.05, 0.1) is 24.8 Å². The molecule has 0 heterocycles. The number of nitrogens with one attached hydrogen (secondary N) is 1. The van der Waals surface area contributed by atoms with Crippen LogP contribution in [0.15, 0.2) is 71.6 Å². The number of carbonyl (C=O) groups is 2. The van der Waals surface area contributed by atoms with Crippen molar-refractivity contribution in [2.75, 3.05) is 30.4 Å². The Kier molecular flexibility index (Phi) is 7.90. The lowest BCUT2D eigenvalue weighted by molar-refractivity contribution is -0.387. The van der Waals surface area contributed by atoms with Crippen LogP contribution >= 0.6 is 0 Å². The van der Waals surface area contributed by atoms with Crippen molar-refractivity contribution in [3.63, 3.8) is 0 Å². The molecular formula is C24H23N3O8S. The number of hydrogen-bond donors (Lipinski definition) is 1. The van der Waals surface area contributed by atoms with Crippen LogP contribution in [0.2, 0.25) is 0 Å². The van der Waals surface area contributed by atoms with Gasteiger partial charge in [-0.15, -0.1) is 0 Å². The minimum Gasteiger partial charge on any atom is -0.497 e. The summed E-state index contributed by atoms with van der Waals surface area (Å²) in [5.41, 5.74) is -0.0555. The summed E-state index contributed by atoms with van der Waals surface area (Å²) in [4.78, 5) is 34.8. The number of ether oxygens (including phenoxy) is 2. The molecule has 0 saturated carbocycles. The topological polar surface area (TPSA) is 145 Å². The molecule has 3 aromatic rings. The Morgan fingerprint density at radius 1 is 1.00 bits per heavy atom. The van der Waals surface area contributed by atoms with Gasteiger partial charge in [-0.3, -0.25) is 24.0 Å². The number of rotatable bonds is 10. The molecule has 1 amide bonds. The third-order valence-corrected chi connectivity index (χ3v) is 6.93. The molecule has 0 aliphatic heterocycles. The maximum atomic E-state index is 13.7. The first kappa shape index (κ1) is 26.2. The number of nitro groups is 1. The minimum absolute atomic E-state index is 0.0379. The fourth-order valence-corrected chi connectivity index (χ4v) is 4.97. The van der Waals surface area contributed by atoms with Gasteiger partial charge >= 0.3 is 0 Å². The van der Waals surface area contributed by atoms with Gasteiger partial charge < -0.3 is 14.8 Å². The highest BCUT2D eigenvalue weighted by molar-refractivity contribution is 7.93. The van der Waals surface area contributed by atoms with E-state index >= 15 is 0 Å². The van der Waals surface area contributed by atoms with Crippen molar-refractivity contribution < 1.29 is 32.4 Å². The molecule has 0 radical (unpaired) electrons. The predicted molar refractivity (Wildman–Crippen MR) is 132 cm³/mol. The lowest BCUT2D eigenvalue weighted by Gasteiger charge is -2.25. The molecule has 11 nitrogen and oxygen atoms in total. The molecule has 3 rings (SSSR count). The van der Waals surface area contributed by atoms with Crippen molar-refractivity contribution in [2.24, 2.45) is 0 Å². The Bertz CT molecular complexity index is 1420. The monoisotopic (exact) mass is 513 g/mol. The van der Waals surface area contributed by atoms with Crippen LogP contribution in [0, 0.1) is 10.1 Å². The largest absolute Gasteiger partial charge is 0.497 e. The van der Waals surface area contributed by atoms with Crippen molar-refractivity contribution in [3.8, 4) is 11.5 Å². The number of sulfonamides is 1. The van der Waals surface area contributed by atoms with E-state index < -0.39 is 38.0 Å². The lowest BCUT2D eigenvalue weighted by atomic mass is 10.1. The first-order valence-electron chi connectivity index (χ1n) is 10.5. The molecule has 3 aromatic carbocycles. The van der Waals surface area contributed by atoms with Crippen molar-refractivity contribution in [1.82, 2.24) is 0 Å². The first-order valence-corrected chi connectivity index (χ1v) is 11.9. The molecule has 188 valence electrons. The van der Waals surface area contributed by atoms with Crippen molar-refractivity contribution >= 4 is 38.8 Å². The molecule has 0 aliphatic carbocycles. The molecule has 0 spiro atoms. The standard InChI is InChI=1S/C24H23N3O8S/c1-16(28)17-7-6-8-18(13-17)25-24(29)15-26(20-12-11-19(34-2)14-22(20)35-3)36(32,33)23-10-5-4-9-21(23)27(30)31/h4-14H,15H2,1-3H3,(H,25,29). The van der Waals surface area contributed by atoms with Crippen LogP contribution in [-0.4, -0.2) is 45.8 Å². The van der Waals surface area contributed by atoms with Crippen LogP contribution < -0.4 is 19.1 Å². The third kappa shape index (κ3) is 5.61. The number of carbonyl (C=O) groups excluding carboxylic acids is 2. The Balaban J connectivity index is 2.09. The fourth-order valence-electron chi connectivity index (χ4n) is 3.38. The second-order valence-corrected chi connectivity index (χ2v) is 9.29. The number of nitrogens with zero attached hydrogens (tertiary/aromatic N) is 2. The minimum atomic E-state index is -4.64. The second kappa shape index (κ2) is 10.9. The maximum Gasteiger partial charge on any atom is 0.289 e. The molecule has 0 aliphatic rings. The normalized spacial score (nSPS) is 10.9. The summed E-state index contributed by atoms with van der Waals surface area (Å²) in [7, 11) is -1.91. The zero-order chi connectivity index (χ0) is 26.5. The van der Waals surface area contributed by atoms with Gasteiger partial charge in [0.2, 0.25) is 5.91 Å². The van der Waals surface area contributed by atoms with Gasteiger partial charge in [0.1, 0.15) is 18.0 Å². The molecule has 36 heavy (non-hydrogen) atoms. The zero-order valence-corrected chi connectivity index (χ0v) is 20.4. The molecule has 0 fully saturated rings. The summed E-state index contributed by atoms with van der Waals surface area (Å²) in [6.45, 7) is 0.624. The quantitative estimate of drug-likeness (QED) is 0.246. The van der Waals surface area contributed by atoms with E-state index in [0.717, 1.165) is 16.4 Å². The Labute approximate surface area is 207 Å². The Morgan fingerprint density at radius 3 is 2.36 bits per heavy atom. The van der Waals surface area contributed by atoms with Gasteiger partial charge in [0.25, 0.3) is 15.7 Å². The Morgan fingerprint density at radius 2 is 1.72 bits per heavy atom. The van der Waals surface area contributed by atoms with E-state index in [9.17, 15) is 28.1 Å². The number of ketones is 1. The summed E-state index contributed by atoms with van der Waals surface area (Å²) in [6, 6.07) is 15.2. The number of methoxy groups -OCH3 is 2. The van der Waals surface area contributed by atoms with Crippen LogP contribution in [0.5, 0.6) is 11.5 Å². The van der Waals surface area contributed by atoms with E-state index in [1.807, 2.05) is 0 Å². The number of Topliss-reactive ketones (excluding diaryl/α,β-unsaturated/α-hetero) is 1. The predicted octanol–water partition coefficient (Wildman–Crippen LogP) is 3.65. The van der Waals surface area contributed by atoms with E-state index in [0.29, 0.717) is 11.3 Å². The van der Waals surface area contributed by atoms with Crippen LogP contribution in [0.25, 0.3) is 0 Å². The van der Waals surface area contributed by atoms with Gasteiger partial charge in [0.15, 0.2) is 10.7 Å². The van der Waals surface area contributed by atoms with Gasteiger partial charge in [-0.1, -0.05) is 24.3 Å². The number of hydrogen-bond acceptors (Lipinski definition) is 8. The van der Waals surface area contributed by atoms with Crippen molar-refractivity contribution in [2.45, 2.75) is 11.8 Å². The van der Waals surface area contributed by atoms with Crippen LogP contribution in [-0.2, 0) is 14.8 Å². The first-order chi connectivity index (χ1) is 17.1. The van der Waals surface area contributed by atoms with Crippen LogP contribution in [0.4, 0.5) is 17.1 Å². The smallest absolute Gasteiger partial charge is 0.289 e. The van der Waals surface area contributed by atoms with E-state index in [-0.39, 0.29) is 22.9 Å². The summed E-state index contributed by atoms with van der Waals surface area (Å²) in [5, 5.41) is 14.1. The number of para-hydroxylation sites is 1. The fraction of sp³-hybridized carbons (Fsp3) is 0.167. The van der Waals surface area contributed by atoms with Crippen LogP contribution in [0.1, 0.15) is 17.3 Å². The zero-order valence-electron chi connectivity index (χ0n) is 19.6. The molecular weight excluding hydrogens is 490 g/mol. The summed E-state index contributed by atoms with van der Waals surface area (Å²) < 4.78 is 38.7. The highest BCUT2D eigenvalue weighted by Gasteiger charge is 2.34. The highest BCUT2D eigenvalue weighted by Crippen LogP contribution is 2.37. The number of amides is 1. The second-order valence-electron chi connectivity index (χ2n) is 7.46. The maximum absolute atomic E-state index is 13.7. The van der Waals surface area contributed by atoms with Crippen LogP contribution in [0.3, 0.4) is 0 Å². The average Bonchev–Trinajstić information content (AvgIpc) is 2.87. The molecule has 0 saturated heterocycles. The average molecular weight is 514 g/mol. The molecule has 0 bridgehead atoms. The molecule has 12 heteroatoms. The van der Waals surface area contributed by atoms with Gasteiger partial charge in [0, 0.05) is 23.4 Å². The van der Waals surface area contributed by atoms with Crippen molar-refractivity contribution in [3.05, 3.63) is 82.4 Å². The summed E-state index contributed by atoms with van der Waals surface area (Å²) >= 11 is 0. The lowest BCUT2D eigenvalue weighted by Crippen LogP contribution is -2.38. The highest BCUT2D eigenvalue weighted by atomic mass is 32.2.